The van der Waals surface area contributed by atoms with Gasteiger partial charge in [-0.2, -0.15) is 13.2 Å². The van der Waals surface area contributed by atoms with E-state index < -0.39 is 23.6 Å². The van der Waals surface area contributed by atoms with Crippen LogP contribution in [0.5, 0.6) is 5.75 Å². The highest BCUT2D eigenvalue weighted by molar-refractivity contribution is 6.04. The summed E-state index contributed by atoms with van der Waals surface area (Å²) in [5.41, 5.74) is -0.947. The van der Waals surface area contributed by atoms with Gasteiger partial charge in [0.1, 0.15) is 5.75 Å². The van der Waals surface area contributed by atoms with E-state index in [-0.39, 0.29) is 29.2 Å². The van der Waals surface area contributed by atoms with Crippen LogP contribution in [0.1, 0.15) is 33.2 Å². The second-order valence-corrected chi connectivity index (χ2v) is 4.98. The Morgan fingerprint density at radius 1 is 1.08 bits per heavy atom. The number of carboxylic acid groups (broad SMARTS) is 1. The molecule has 2 aromatic carbocycles. The molecule has 0 aliphatic rings. The molecule has 0 saturated heterocycles. The number of amides is 1. The van der Waals surface area contributed by atoms with Crippen molar-refractivity contribution < 1.29 is 32.6 Å². The molecule has 2 N–H and O–H groups in total. The van der Waals surface area contributed by atoms with Crippen LogP contribution in [0.25, 0.3) is 0 Å². The number of rotatable bonds is 5. The Labute approximate surface area is 141 Å². The minimum atomic E-state index is -4.66. The SMILES string of the molecule is CCOc1ccc(C(=O)Nc2ccc(C(=O)O)cc2)cc1C(F)(F)F. The minimum Gasteiger partial charge on any atom is -0.493 e. The van der Waals surface area contributed by atoms with Crippen LogP contribution in [-0.2, 0) is 6.18 Å². The molecule has 2 rings (SSSR count). The molecule has 0 unspecified atom stereocenters. The number of aromatic carboxylic acids is 1. The number of hydrogen-bond acceptors (Lipinski definition) is 3. The number of carboxylic acids is 1. The van der Waals surface area contributed by atoms with E-state index in [0.717, 1.165) is 6.07 Å². The monoisotopic (exact) mass is 353 g/mol. The summed E-state index contributed by atoms with van der Waals surface area (Å²) in [6, 6.07) is 8.28. The van der Waals surface area contributed by atoms with Crippen molar-refractivity contribution in [1.29, 1.82) is 0 Å². The normalized spacial score (nSPS) is 11.0. The van der Waals surface area contributed by atoms with Gasteiger partial charge >= 0.3 is 12.1 Å². The van der Waals surface area contributed by atoms with Crippen LogP contribution in [0, 0.1) is 0 Å². The Kier molecular flexibility index (Phi) is 5.31. The lowest BCUT2D eigenvalue weighted by Crippen LogP contribution is -2.15. The van der Waals surface area contributed by atoms with Gasteiger partial charge in [0, 0.05) is 11.3 Å². The third kappa shape index (κ3) is 4.50. The Bertz CT molecular complexity index is 785. The van der Waals surface area contributed by atoms with Crippen molar-refractivity contribution >= 4 is 17.6 Å². The lowest BCUT2D eigenvalue weighted by atomic mass is 10.1. The second kappa shape index (κ2) is 7.25. The van der Waals surface area contributed by atoms with Gasteiger partial charge in [0.05, 0.1) is 17.7 Å². The topological polar surface area (TPSA) is 75.6 Å². The lowest BCUT2D eigenvalue weighted by Gasteiger charge is -2.14. The van der Waals surface area contributed by atoms with Crippen molar-refractivity contribution in [2.24, 2.45) is 0 Å². The summed E-state index contributed by atoms with van der Waals surface area (Å²) in [6.07, 6.45) is -4.66. The molecular weight excluding hydrogens is 339 g/mol. The average molecular weight is 353 g/mol. The number of carbonyl (C=O) groups is 2. The van der Waals surface area contributed by atoms with E-state index in [1.54, 1.807) is 6.92 Å². The molecule has 0 saturated carbocycles. The fourth-order valence-corrected chi connectivity index (χ4v) is 2.07. The van der Waals surface area contributed by atoms with Crippen LogP contribution in [0.15, 0.2) is 42.5 Å². The Hall–Kier alpha value is -3.03. The first-order chi connectivity index (χ1) is 11.7. The van der Waals surface area contributed by atoms with E-state index in [2.05, 4.69) is 5.32 Å². The summed E-state index contributed by atoms with van der Waals surface area (Å²) in [4.78, 5) is 22.9. The lowest BCUT2D eigenvalue weighted by molar-refractivity contribution is -0.138. The highest BCUT2D eigenvalue weighted by Crippen LogP contribution is 2.37. The Balaban J connectivity index is 2.25. The van der Waals surface area contributed by atoms with Gasteiger partial charge < -0.3 is 15.2 Å². The van der Waals surface area contributed by atoms with Gasteiger partial charge in [0.15, 0.2) is 0 Å². The predicted octanol–water partition coefficient (Wildman–Crippen LogP) is 4.05. The first kappa shape index (κ1) is 18.3. The molecule has 0 aromatic heterocycles. The maximum absolute atomic E-state index is 13.1. The van der Waals surface area contributed by atoms with Gasteiger partial charge in [-0.05, 0) is 49.4 Å². The first-order valence-electron chi connectivity index (χ1n) is 7.21. The maximum atomic E-state index is 13.1. The third-order valence-electron chi connectivity index (χ3n) is 3.24. The molecule has 0 spiro atoms. The molecule has 1 amide bonds. The summed E-state index contributed by atoms with van der Waals surface area (Å²) in [5, 5.41) is 11.2. The highest BCUT2D eigenvalue weighted by atomic mass is 19.4. The highest BCUT2D eigenvalue weighted by Gasteiger charge is 2.35. The van der Waals surface area contributed by atoms with Gasteiger partial charge in [-0.25, -0.2) is 4.79 Å². The zero-order chi connectivity index (χ0) is 18.6. The molecule has 0 aliphatic heterocycles. The number of hydrogen-bond donors (Lipinski definition) is 2. The van der Waals surface area contributed by atoms with Crippen molar-refractivity contribution in [3.05, 3.63) is 59.2 Å². The Morgan fingerprint density at radius 2 is 1.68 bits per heavy atom. The summed E-state index contributed by atoms with van der Waals surface area (Å²) in [6.45, 7) is 1.62. The van der Waals surface area contributed by atoms with Crippen LogP contribution in [0.3, 0.4) is 0 Å². The van der Waals surface area contributed by atoms with Crippen LogP contribution < -0.4 is 10.1 Å². The zero-order valence-corrected chi connectivity index (χ0v) is 13.1. The number of alkyl halides is 3. The fraction of sp³-hybridized carbons (Fsp3) is 0.176. The summed E-state index contributed by atoms with van der Waals surface area (Å²) < 4.78 is 44.2. The van der Waals surface area contributed by atoms with E-state index >= 15 is 0 Å². The predicted molar refractivity (Wildman–Crippen MR) is 84.0 cm³/mol. The quantitative estimate of drug-likeness (QED) is 0.850. The number of benzene rings is 2. The summed E-state index contributed by atoms with van der Waals surface area (Å²) in [7, 11) is 0. The molecule has 132 valence electrons. The van der Waals surface area contributed by atoms with Crippen LogP contribution in [0.4, 0.5) is 18.9 Å². The van der Waals surface area contributed by atoms with E-state index in [9.17, 15) is 22.8 Å². The molecule has 8 heteroatoms. The number of carbonyl (C=O) groups excluding carboxylic acids is 1. The van der Waals surface area contributed by atoms with Gasteiger partial charge in [0.25, 0.3) is 5.91 Å². The molecule has 0 bridgehead atoms. The summed E-state index contributed by atoms with van der Waals surface area (Å²) in [5.74, 6) is -2.23. The molecule has 0 radical (unpaired) electrons. The molecule has 0 fully saturated rings. The van der Waals surface area contributed by atoms with E-state index in [1.807, 2.05) is 0 Å². The molecule has 0 aliphatic carbocycles. The smallest absolute Gasteiger partial charge is 0.419 e. The number of halogens is 3. The van der Waals surface area contributed by atoms with Crippen LogP contribution in [-0.4, -0.2) is 23.6 Å². The van der Waals surface area contributed by atoms with Crippen LogP contribution in [0.2, 0.25) is 0 Å². The minimum absolute atomic E-state index is 0.0263. The van der Waals surface area contributed by atoms with Crippen molar-refractivity contribution in [3.63, 3.8) is 0 Å². The first-order valence-corrected chi connectivity index (χ1v) is 7.21. The molecular formula is C17H14F3NO4. The number of anilines is 1. The van der Waals surface area contributed by atoms with E-state index in [1.165, 1.54) is 30.3 Å². The number of nitrogens with one attached hydrogen (secondary N) is 1. The molecule has 5 nitrogen and oxygen atoms in total. The van der Waals surface area contributed by atoms with Gasteiger partial charge in [-0.3, -0.25) is 4.79 Å². The summed E-state index contributed by atoms with van der Waals surface area (Å²) >= 11 is 0. The average Bonchev–Trinajstić information content (AvgIpc) is 2.55. The van der Waals surface area contributed by atoms with E-state index in [4.69, 9.17) is 9.84 Å². The third-order valence-corrected chi connectivity index (χ3v) is 3.24. The van der Waals surface area contributed by atoms with Crippen molar-refractivity contribution in [2.75, 3.05) is 11.9 Å². The zero-order valence-electron chi connectivity index (χ0n) is 13.1. The van der Waals surface area contributed by atoms with Gasteiger partial charge in [-0.15, -0.1) is 0 Å². The maximum Gasteiger partial charge on any atom is 0.419 e. The standard InChI is InChI=1S/C17H14F3NO4/c1-2-25-14-8-5-11(9-13(14)17(18,19)20)15(22)21-12-6-3-10(4-7-12)16(23)24/h3-9H,2H2,1H3,(H,21,22)(H,23,24). The largest absolute Gasteiger partial charge is 0.493 e. The molecule has 2 aromatic rings. The van der Waals surface area contributed by atoms with Crippen molar-refractivity contribution in [3.8, 4) is 5.75 Å². The molecule has 25 heavy (non-hydrogen) atoms. The van der Waals surface area contributed by atoms with Crippen molar-refractivity contribution in [2.45, 2.75) is 13.1 Å². The van der Waals surface area contributed by atoms with Crippen molar-refractivity contribution in [1.82, 2.24) is 0 Å². The second-order valence-electron chi connectivity index (χ2n) is 4.98. The number of ether oxygens (including phenoxy) is 1. The van der Waals surface area contributed by atoms with Gasteiger partial charge in [-0.1, -0.05) is 0 Å². The van der Waals surface area contributed by atoms with Gasteiger partial charge in [0.2, 0.25) is 0 Å². The van der Waals surface area contributed by atoms with E-state index in [0.29, 0.717) is 6.07 Å². The fourth-order valence-electron chi connectivity index (χ4n) is 2.07. The molecule has 0 atom stereocenters. The Morgan fingerprint density at radius 3 is 2.20 bits per heavy atom. The van der Waals surface area contributed by atoms with Crippen LogP contribution >= 0.6 is 0 Å². The molecule has 0 heterocycles.